The van der Waals surface area contributed by atoms with E-state index in [9.17, 15) is 13.2 Å². The first-order chi connectivity index (χ1) is 10.0. The van der Waals surface area contributed by atoms with E-state index in [0.29, 0.717) is 25.7 Å². The molecule has 0 radical (unpaired) electrons. The quantitative estimate of drug-likeness (QED) is 0.264. The summed E-state index contributed by atoms with van der Waals surface area (Å²) in [7, 11) is 1.52. The predicted molar refractivity (Wildman–Crippen MR) is 89.9 cm³/mol. The SMILES string of the molecule is CN=C(NCCCOCC1CCCO1)NCCC(F)(F)F.I. The molecule has 22 heavy (non-hydrogen) atoms. The van der Waals surface area contributed by atoms with Crippen molar-refractivity contribution >= 4 is 29.9 Å². The van der Waals surface area contributed by atoms with E-state index in [1.807, 2.05) is 0 Å². The van der Waals surface area contributed by atoms with Crippen LogP contribution in [0.25, 0.3) is 0 Å². The second-order valence-corrected chi connectivity index (χ2v) is 4.85. The molecule has 1 atom stereocenters. The molecular weight excluding hydrogens is 414 g/mol. The molecule has 9 heteroatoms. The molecule has 132 valence electrons. The average Bonchev–Trinajstić information content (AvgIpc) is 2.92. The van der Waals surface area contributed by atoms with Crippen LogP contribution >= 0.6 is 24.0 Å². The lowest BCUT2D eigenvalue weighted by atomic mass is 10.2. The fourth-order valence-electron chi connectivity index (χ4n) is 1.91. The summed E-state index contributed by atoms with van der Waals surface area (Å²) in [5.41, 5.74) is 0. The molecule has 1 aliphatic rings. The zero-order valence-corrected chi connectivity index (χ0v) is 15.1. The van der Waals surface area contributed by atoms with E-state index in [0.717, 1.165) is 25.9 Å². The van der Waals surface area contributed by atoms with Crippen LogP contribution in [0.2, 0.25) is 0 Å². The zero-order chi connectivity index (χ0) is 15.6. The van der Waals surface area contributed by atoms with Crippen LogP contribution in [-0.4, -0.2) is 58.2 Å². The van der Waals surface area contributed by atoms with Crippen molar-refractivity contribution in [2.24, 2.45) is 4.99 Å². The maximum atomic E-state index is 12.0. The van der Waals surface area contributed by atoms with Crippen molar-refractivity contribution < 1.29 is 22.6 Å². The lowest BCUT2D eigenvalue weighted by Crippen LogP contribution is -2.39. The molecule has 1 saturated heterocycles. The van der Waals surface area contributed by atoms with Crippen LogP contribution in [0.1, 0.15) is 25.7 Å². The van der Waals surface area contributed by atoms with Gasteiger partial charge in [-0.25, -0.2) is 0 Å². The van der Waals surface area contributed by atoms with Gasteiger partial charge in [-0.2, -0.15) is 13.2 Å². The van der Waals surface area contributed by atoms with Crippen molar-refractivity contribution in [1.82, 2.24) is 10.6 Å². The van der Waals surface area contributed by atoms with Crippen LogP contribution in [0.4, 0.5) is 13.2 Å². The Kier molecular flexibility index (Phi) is 12.0. The van der Waals surface area contributed by atoms with Crippen LogP contribution < -0.4 is 10.6 Å². The highest BCUT2D eigenvalue weighted by Crippen LogP contribution is 2.18. The molecule has 0 aromatic rings. The molecule has 0 aromatic heterocycles. The van der Waals surface area contributed by atoms with Crippen LogP contribution in [0.5, 0.6) is 0 Å². The number of rotatable bonds is 8. The minimum absolute atomic E-state index is 0. The van der Waals surface area contributed by atoms with Crippen molar-refractivity contribution in [2.75, 3.05) is 40.0 Å². The minimum atomic E-state index is -4.15. The number of halogens is 4. The van der Waals surface area contributed by atoms with Gasteiger partial charge in [0.25, 0.3) is 0 Å². The van der Waals surface area contributed by atoms with E-state index < -0.39 is 12.6 Å². The maximum absolute atomic E-state index is 12.0. The number of hydrogen-bond donors (Lipinski definition) is 2. The van der Waals surface area contributed by atoms with E-state index in [1.165, 1.54) is 7.05 Å². The molecule has 0 aliphatic carbocycles. The summed E-state index contributed by atoms with van der Waals surface area (Å²) in [5.74, 6) is 0.373. The molecule has 1 heterocycles. The first-order valence-electron chi connectivity index (χ1n) is 7.22. The van der Waals surface area contributed by atoms with E-state index in [2.05, 4.69) is 15.6 Å². The van der Waals surface area contributed by atoms with Crippen molar-refractivity contribution in [2.45, 2.75) is 38.0 Å². The fraction of sp³-hybridized carbons (Fsp3) is 0.923. The molecule has 1 unspecified atom stereocenters. The predicted octanol–water partition coefficient (Wildman–Crippen LogP) is 2.31. The summed E-state index contributed by atoms with van der Waals surface area (Å²) in [4.78, 5) is 3.85. The molecule has 2 N–H and O–H groups in total. The summed E-state index contributed by atoms with van der Waals surface area (Å²) >= 11 is 0. The highest BCUT2D eigenvalue weighted by atomic mass is 127. The normalized spacial score (nSPS) is 18.9. The topological polar surface area (TPSA) is 54.9 Å². The third-order valence-corrected chi connectivity index (χ3v) is 3.01. The van der Waals surface area contributed by atoms with E-state index >= 15 is 0 Å². The first kappa shape index (κ1) is 21.7. The molecule has 0 saturated carbocycles. The maximum Gasteiger partial charge on any atom is 0.390 e. The number of nitrogens with one attached hydrogen (secondary N) is 2. The molecule has 1 aliphatic heterocycles. The zero-order valence-electron chi connectivity index (χ0n) is 12.7. The van der Waals surface area contributed by atoms with E-state index in [1.54, 1.807) is 0 Å². The summed E-state index contributed by atoms with van der Waals surface area (Å²) in [6.07, 6.45) is -1.91. The number of guanidine groups is 1. The van der Waals surface area contributed by atoms with Crippen molar-refractivity contribution in [3.63, 3.8) is 0 Å². The highest BCUT2D eigenvalue weighted by molar-refractivity contribution is 14.0. The van der Waals surface area contributed by atoms with E-state index in [-0.39, 0.29) is 36.6 Å². The Morgan fingerprint density at radius 3 is 2.64 bits per heavy atom. The van der Waals surface area contributed by atoms with Crippen LogP contribution in [0.15, 0.2) is 4.99 Å². The number of nitrogens with zero attached hydrogens (tertiary/aromatic N) is 1. The Labute approximate surface area is 146 Å². The molecule has 0 amide bonds. The average molecular weight is 439 g/mol. The Morgan fingerprint density at radius 1 is 1.32 bits per heavy atom. The fourth-order valence-corrected chi connectivity index (χ4v) is 1.91. The number of hydrogen-bond acceptors (Lipinski definition) is 3. The second kappa shape index (κ2) is 12.2. The molecule has 0 bridgehead atoms. The summed E-state index contributed by atoms with van der Waals surface area (Å²) < 4.78 is 46.9. The van der Waals surface area contributed by atoms with E-state index in [4.69, 9.17) is 9.47 Å². The Hall–Kier alpha value is -0.290. The van der Waals surface area contributed by atoms with Crippen LogP contribution in [0.3, 0.4) is 0 Å². The summed E-state index contributed by atoms with van der Waals surface area (Å²) in [6, 6.07) is 0. The molecule has 0 spiro atoms. The standard InChI is InChI=1S/C13H24F3N3O2.HI/c1-17-12(19-7-5-13(14,15)16)18-6-3-8-20-10-11-4-2-9-21-11;/h11H,2-10H2,1H3,(H2,17,18,19);1H. The molecule has 0 aromatic carbocycles. The minimum Gasteiger partial charge on any atom is -0.379 e. The Balaban J connectivity index is 0.00000441. The number of ether oxygens (including phenoxy) is 2. The Morgan fingerprint density at radius 2 is 2.05 bits per heavy atom. The van der Waals surface area contributed by atoms with Crippen LogP contribution in [0, 0.1) is 0 Å². The van der Waals surface area contributed by atoms with Gasteiger partial charge in [-0.1, -0.05) is 0 Å². The van der Waals surface area contributed by atoms with Crippen molar-refractivity contribution in [3.05, 3.63) is 0 Å². The lowest BCUT2D eigenvalue weighted by molar-refractivity contribution is -0.132. The molecule has 1 rings (SSSR count). The smallest absolute Gasteiger partial charge is 0.379 e. The third kappa shape index (κ3) is 11.3. The second-order valence-electron chi connectivity index (χ2n) is 4.85. The van der Waals surface area contributed by atoms with Gasteiger partial charge in [0, 0.05) is 33.4 Å². The van der Waals surface area contributed by atoms with Gasteiger partial charge in [0.2, 0.25) is 0 Å². The van der Waals surface area contributed by atoms with Crippen molar-refractivity contribution in [3.8, 4) is 0 Å². The highest BCUT2D eigenvalue weighted by Gasteiger charge is 2.26. The van der Waals surface area contributed by atoms with Gasteiger partial charge in [0.05, 0.1) is 19.1 Å². The third-order valence-electron chi connectivity index (χ3n) is 3.01. The molecule has 5 nitrogen and oxygen atoms in total. The van der Waals surface area contributed by atoms with Crippen molar-refractivity contribution in [1.29, 1.82) is 0 Å². The van der Waals surface area contributed by atoms with Gasteiger partial charge in [0.1, 0.15) is 0 Å². The van der Waals surface area contributed by atoms with Gasteiger partial charge < -0.3 is 20.1 Å². The van der Waals surface area contributed by atoms with Gasteiger partial charge in [-0.05, 0) is 19.3 Å². The van der Waals surface area contributed by atoms with Gasteiger partial charge in [0.15, 0.2) is 5.96 Å². The monoisotopic (exact) mass is 439 g/mol. The van der Waals surface area contributed by atoms with Gasteiger partial charge in [-0.3, -0.25) is 4.99 Å². The summed E-state index contributed by atoms with van der Waals surface area (Å²) in [6.45, 7) is 2.43. The summed E-state index contributed by atoms with van der Waals surface area (Å²) in [5, 5.41) is 5.56. The number of aliphatic imine (C=N–C) groups is 1. The Bertz CT molecular complexity index is 311. The van der Waals surface area contributed by atoms with Crippen LogP contribution in [-0.2, 0) is 9.47 Å². The molecule has 1 fully saturated rings. The lowest BCUT2D eigenvalue weighted by Gasteiger charge is -2.13. The number of alkyl halides is 3. The van der Waals surface area contributed by atoms with Gasteiger partial charge in [-0.15, -0.1) is 24.0 Å². The molecular formula is C13H25F3IN3O2. The first-order valence-corrected chi connectivity index (χ1v) is 7.22. The largest absolute Gasteiger partial charge is 0.390 e. The van der Waals surface area contributed by atoms with Gasteiger partial charge >= 0.3 is 6.18 Å².